The lowest BCUT2D eigenvalue weighted by atomic mass is 10.2. The van der Waals surface area contributed by atoms with E-state index in [-0.39, 0.29) is 18.1 Å². The number of nitro groups is 1. The highest BCUT2D eigenvalue weighted by Crippen LogP contribution is 2.30. The monoisotopic (exact) mass is 410 g/mol. The maximum absolute atomic E-state index is 13.0. The molecule has 0 spiro atoms. The van der Waals surface area contributed by atoms with E-state index in [2.05, 4.69) is 10.1 Å². The molecule has 0 aliphatic carbocycles. The topological polar surface area (TPSA) is 107 Å². The highest BCUT2D eigenvalue weighted by molar-refractivity contribution is 7.22. The van der Waals surface area contributed by atoms with Crippen LogP contribution in [0.25, 0.3) is 10.2 Å². The molecule has 1 aliphatic rings. The number of hydrogen-bond acceptors (Lipinski definition) is 8. The van der Waals surface area contributed by atoms with Gasteiger partial charge in [0.25, 0.3) is 5.69 Å². The van der Waals surface area contributed by atoms with Gasteiger partial charge in [-0.05, 0) is 29.8 Å². The number of fused-ring (bicyclic) bond motifs is 1. The van der Waals surface area contributed by atoms with Gasteiger partial charge in [-0.2, -0.15) is 10.1 Å². The molecule has 2 heterocycles. The molecule has 0 saturated carbocycles. The lowest BCUT2D eigenvalue weighted by molar-refractivity contribution is -0.384. The Balaban J connectivity index is 1.68. The molecule has 1 aliphatic heterocycles. The molecule has 0 N–H and O–H groups in total. The number of nitro benzene ring substituents is 1. The Hall–Kier alpha value is -3.79. The SMILES string of the molecule is O=C(C1=COCCO1)N(/N=C\c1ccc([N+](=O)[O-])cc1)c1nc2ccccc2s1. The number of para-hydroxylation sites is 1. The van der Waals surface area contributed by atoms with E-state index >= 15 is 0 Å². The number of benzene rings is 2. The first kappa shape index (κ1) is 18.6. The number of carbonyl (C=O) groups excluding carboxylic acids is 1. The summed E-state index contributed by atoms with van der Waals surface area (Å²) in [7, 11) is 0. The van der Waals surface area contributed by atoms with Gasteiger partial charge in [-0.25, -0.2) is 4.98 Å². The summed E-state index contributed by atoms with van der Waals surface area (Å²) in [6.07, 6.45) is 2.69. The first-order valence-corrected chi connectivity index (χ1v) is 9.36. The van der Waals surface area contributed by atoms with Gasteiger partial charge < -0.3 is 9.47 Å². The van der Waals surface area contributed by atoms with E-state index in [0.29, 0.717) is 17.3 Å². The number of non-ortho nitro benzene ring substituents is 1. The maximum Gasteiger partial charge on any atom is 0.319 e. The third-order valence-electron chi connectivity index (χ3n) is 3.94. The molecule has 146 valence electrons. The zero-order valence-corrected chi connectivity index (χ0v) is 15.7. The van der Waals surface area contributed by atoms with E-state index < -0.39 is 10.8 Å². The minimum Gasteiger partial charge on any atom is -0.494 e. The zero-order chi connectivity index (χ0) is 20.2. The van der Waals surface area contributed by atoms with Crippen LogP contribution in [0, 0.1) is 10.1 Å². The van der Waals surface area contributed by atoms with Gasteiger partial charge >= 0.3 is 5.91 Å². The van der Waals surface area contributed by atoms with Gasteiger partial charge in [0.05, 0.1) is 21.4 Å². The maximum atomic E-state index is 13.0. The fraction of sp³-hybridized carbons (Fsp3) is 0.105. The van der Waals surface area contributed by atoms with Crippen LogP contribution >= 0.6 is 11.3 Å². The fourth-order valence-corrected chi connectivity index (χ4v) is 3.45. The Bertz CT molecular complexity index is 1090. The number of ether oxygens (including phenoxy) is 2. The summed E-state index contributed by atoms with van der Waals surface area (Å²) >= 11 is 1.31. The molecule has 10 heteroatoms. The van der Waals surface area contributed by atoms with Crippen molar-refractivity contribution in [1.82, 2.24) is 4.98 Å². The lowest BCUT2D eigenvalue weighted by Crippen LogP contribution is -2.30. The standard InChI is InChI=1S/C19H14N4O5S/c24-18(16-12-27-9-10-28-16)22(19-21-15-3-1-2-4-17(15)29-19)20-11-13-5-7-14(8-6-13)23(25)26/h1-8,11-12H,9-10H2/b20-11-. The number of nitrogens with zero attached hydrogens (tertiary/aromatic N) is 4. The first-order valence-electron chi connectivity index (χ1n) is 8.55. The predicted molar refractivity (Wildman–Crippen MR) is 108 cm³/mol. The van der Waals surface area contributed by atoms with Crippen LogP contribution in [0.2, 0.25) is 0 Å². The van der Waals surface area contributed by atoms with Crippen LogP contribution in [0.1, 0.15) is 5.56 Å². The van der Waals surface area contributed by atoms with Crippen LogP contribution < -0.4 is 5.01 Å². The van der Waals surface area contributed by atoms with Gasteiger partial charge in [-0.3, -0.25) is 14.9 Å². The summed E-state index contributed by atoms with van der Waals surface area (Å²) in [5.74, 6) is -0.502. The molecular weight excluding hydrogens is 396 g/mol. The first-order chi connectivity index (χ1) is 14.1. The number of amides is 1. The number of hydrazone groups is 1. The minimum atomic E-state index is -0.526. The Morgan fingerprint density at radius 1 is 1.21 bits per heavy atom. The normalized spacial score (nSPS) is 13.6. The van der Waals surface area contributed by atoms with Gasteiger partial charge in [-0.15, -0.1) is 0 Å². The lowest BCUT2D eigenvalue weighted by Gasteiger charge is -2.19. The van der Waals surface area contributed by atoms with Crippen LogP contribution in [0.3, 0.4) is 0 Å². The Morgan fingerprint density at radius 2 is 2.00 bits per heavy atom. The molecule has 0 bridgehead atoms. The summed E-state index contributed by atoms with van der Waals surface area (Å²) in [5.41, 5.74) is 1.30. The van der Waals surface area contributed by atoms with E-state index in [1.54, 1.807) is 12.1 Å². The van der Waals surface area contributed by atoms with E-state index in [4.69, 9.17) is 9.47 Å². The van der Waals surface area contributed by atoms with Crippen LogP contribution in [-0.4, -0.2) is 35.2 Å². The second-order valence-electron chi connectivity index (χ2n) is 5.88. The second kappa shape index (κ2) is 8.07. The Labute approximate surface area is 168 Å². The van der Waals surface area contributed by atoms with Crippen LogP contribution in [0.15, 0.2) is 65.7 Å². The van der Waals surface area contributed by atoms with E-state index in [9.17, 15) is 14.9 Å². The van der Waals surface area contributed by atoms with Gasteiger partial charge in [-0.1, -0.05) is 23.5 Å². The summed E-state index contributed by atoms with van der Waals surface area (Å²) in [6.45, 7) is 0.626. The van der Waals surface area contributed by atoms with Gasteiger partial charge in [0.2, 0.25) is 10.9 Å². The average Bonchev–Trinajstić information content (AvgIpc) is 3.18. The number of carbonyl (C=O) groups is 1. The Morgan fingerprint density at radius 3 is 2.69 bits per heavy atom. The summed E-state index contributed by atoms with van der Waals surface area (Å²) in [4.78, 5) is 27.7. The van der Waals surface area contributed by atoms with Crippen molar-refractivity contribution in [2.45, 2.75) is 0 Å². The van der Waals surface area contributed by atoms with Gasteiger partial charge in [0.15, 0.2) is 0 Å². The van der Waals surface area contributed by atoms with Crippen LogP contribution in [0.4, 0.5) is 10.8 Å². The summed E-state index contributed by atoms with van der Waals surface area (Å²) < 4.78 is 11.5. The van der Waals surface area contributed by atoms with Crippen LogP contribution in [-0.2, 0) is 14.3 Å². The molecular formula is C19H14N4O5S. The van der Waals surface area contributed by atoms with E-state index in [1.165, 1.54) is 35.9 Å². The van der Waals surface area contributed by atoms with Crippen molar-refractivity contribution in [2.24, 2.45) is 5.10 Å². The molecule has 0 fully saturated rings. The highest BCUT2D eigenvalue weighted by atomic mass is 32.1. The predicted octanol–water partition coefficient (Wildman–Crippen LogP) is 3.46. The molecule has 2 aromatic carbocycles. The smallest absolute Gasteiger partial charge is 0.319 e. The number of thiazole rings is 1. The number of aromatic nitrogens is 1. The molecule has 4 rings (SSSR count). The zero-order valence-electron chi connectivity index (χ0n) is 14.9. The second-order valence-corrected chi connectivity index (χ2v) is 6.88. The fourth-order valence-electron chi connectivity index (χ4n) is 2.53. The van der Waals surface area contributed by atoms with Gasteiger partial charge in [0.1, 0.15) is 19.5 Å². The largest absolute Gasteiger partial charge is 0.494 e. The highest BCUT2D eigenvalue weighted by Gasteiger charge is 2.26. The van der Waals surface area contributed by atoms with Gasteiger partial charge in [0, 0.05) is 12.1 Å². The molecule has 3 aromatic rings. The quantitative estimate of drug-likeness (QED) is 0.362. The van der Waals surface area contributed by atoms with Crippen molar-refractivity contribution in [1.29, 1.82) is 0 Å². The number of hydrogen-bond donors (Lipinski definition) is 0. The average molecular weight is 410 g/mol. The van der Waals surface area contributed by atoms with Crippen molar-refractivity contribution in [3.05, 3.63) is 76.2 Å². The van der Waals surface area contributed by atoms with Crippen LogP contribution in [0.5, 0.6) is 0 Å². The van der Waals surface area contributed by atoms with E-state index in [0.717, 1.165) is 15.2 Å². The molecule has 29 heavy (non-hydrogen) atoms. The molecule has 0 saturated heterocycles. The van der Waals surface area contributed by atoms with Crippen molar-refractivity contribution < 1.29 is 19.2 Å². The molecule has 0 radical (unpaired) electrons. The molecule has 0 atom stereocenters. The number of rotatable bonds is 5. The van der Waals surface area contributed by atoms with Crippen molar-refractivity contribution >= 4 is 44.5 Å². The third kappa shape index (κ3) is 4.06. The Kier molecular flexibility index (Phi) is 5.16. The van der Waals surface area contributed by atoms with Crippen molar-refractivity contribution in [3.63, 3.8) is 0 Å². The third-order valence-corrected chi connectivity index (χ3v) is 4.95. The summed E-state index contributed by atoms with van der Waals surface area (Å²) in [5, 5.41) is 16.6. The van der Waals surface area contributed by atoms with Crippen molar-refractivity contribution in [2.75, 3.05) is 18.2 Å². The van der Waals surface area contributed by atoms with E-state index in [1.807, 2.05) is 24.3 Å². The molecule has 0 unspecified atom stereocenters. The molecule has 1 amide bonds. The van der Waals surface area contributed by atoms with Crippen molar-refractivity contribution in [3.8, 4) is 0 Å². The minimum absolute atomic E-state index is 0.0244. The summed E-state index contributed by atoms with van der Waals surface area (Å²) in [6, 6.07) is 13.3. The molecule has 9 nitrogen and oxygen atoms in total. The molecule has 1 aromatic heterocycles. The number of anilines is 1.